The Balaban J connectivity index is 1.36. The number of rotatable bonds is 6. The standard InChI is InChI=1S/C28H26FN3O/c1-3-25(26-14-20-6-4-5-7-21(20)16-31-26)30-13-12-23-15-24-18(2)17-33-28(24)27(32-23)19-8-10-22(29)11-9-19/h3-11,14-16,18,30H,12-13,17H2,1-2H3. The van der Waals surface area contributed by atoms with Gasteiger partial charge in [-0.15, -0.1) is 0 Å². The minimum Gasteiger partial charge on any atom is -0.490 e. The number of benzene rings is 2. The first-order valence-electron chi connectivity index (χ1n) is 11.3. The van der Waals surface area contributed by atoms with Gasteiger partial charge in [-0.1, -0.05) is 37.3 Å². The molecule has 0 saturated carbocycles. The van der Waals surface area contributed by atoms with Gasteiger partial charge < -0.3 is 10.1 Å². The first-order chi connectivity index (χ1) is 16.1. The number of nitrogens with one attached hydrogen (secondary N) is 1. The molecule has 5 heteroatoms. The van der Waals surface area contributed by atoms with Crippen molar-refractivity contribution in [2.24, 2.45) is 0 Å². The van der Waals surface area contributed by atoms with Crippen LogP contribution in [0.25, 0.3) is 27.7 Å². The van der Waals surface area contributed by atoms with Gasteiger partial charge in [-0.2, -0.15) is 0 Å². The lowest BCUT2D eigenvalue weighted by atomic mass is 9.99. The fraction of sp³-hybridized carbons (Fsp3) is 0.214. The number of aromatic nitrogens is 2. The van der Waals surface area contributed by atoms with Gasteiger partial charge in [-0.3, -0.25) is 4.98 Å². The minimum absolute atomic E-state index is 0.258. The normalized spacial score (nSPS) is 15.4. The summed E-state index contributed by atoms with van der Waals surface area (Å²) < 4.78 is 19.4. The maximum atomic E-state index is 13.4. The highest BCUT2D eigenvalue weighted by molar-refractivity contribution is 5.84. The molecule has 1 aliphatic rings. The second-order valence-corrected chi connectivity index (χ2v) is 8.40. The molecule has 166 valence electrons. The number of fused-ring (bicyclic) bond motifs is 2. The summed E-state index contributed by atoms with van der Waals surface area (Å²) in [4.78, 5) is 9.52. The van der Waals surface area contributed by atoms with Gasteiger partial charge in [-0.05, 0) is 48.7 Å². The van der Waals surface area contributed by atoms with Gasteiger partial charge in [0.15, 0.2) is 0 Å². The predicted octanol–water partition coefficient (Wildman–Crippen LogP) is 6.12. The maximum Gasteiger partial charge on any atom is 0.149 e. The molecule has 0 spiro atoms. The second kappa shape index (κ2) is 9.02. The van der Waals surface area contributed by atoms with E-state index in [0.717, 1.165) is 52.4 Å². The summed E-state index contributed by atoms with van der Waals surface area (Å²) in [6, 6.07) is 18.9. The highest BCUT2D eigenvalue weighted by atomic mass is 19.1. The van der Waals surface area contributed by atoms with Crippen molar-refractivity contribution in [2.75, 3.05) is 13.2 Å². The van der Waals surface area contributed by atoms with Crippen LogP contribution in [0, 0.1) is 5.82 Å². The number of nitrogens with zero attached hydrogens (tertiary/aromatic N) is 2. The van der Waals surface area contributed by atoms with Crippen LogP contribution in [0.1, 0.15) is 36.7 Å². The molecule has 2 aromatic heterocycles. The second-order valence-electron chi connectivity index (χ2n) is 8.40. The van der Waals surface area contributed by atoms with Crippen LogP contribution in [-0.2, 0) is 6.42 Å². The van der Waals surface area contributed by atoms with E-state index in [-0.39, 0.29) is 5.82 Å². The summed E-state index contributed by atoms with van der Waals surface area (Å²) in [6.07, 6.45) is 4.71. The van der Waals surface area contributed by atoms with E-state index in [0.29, 0.717) is 12.5 Å². The quantitative estimate of drug-likeness (QED) is 0.393. The van der Waals surface area contributed by atoms with E-state index in [4.69, 9.17) is 9.72 Å². The number of hydrogen-bond acceptors (Lipinski definition) is 4. The molecule has 1 N–H and O–H groups in total. The summed E-state index contributed by atoms with van der Waals surface area (Å²) >= 11 is 0. The molecule has 2 aromatic carbocycles. The Kier molecular flexibility index (Phi) is 5.78. The summed E-state index contributed by atoms with van der Waals surface area (Å²) in [5.74, 6) is 0.869. The average Bonchev–Trinajstić information content (AvgIpc) is 3.22. The number of halogens is 1. The molecule has 33 heavy (non-hydrogen) atoms. The fourth-order valence-corrected chi connectivity index (χ4v) is 4.25. The Labute approximate surface area is 193 Å². The van der Waals surface area contributed by atoms with Crippen LogP contribution in [-0.4, -0.2) is 23.1 Å². The van der Waals surface area contributed by atoms with Crippen LogP contribution in [0.15, 0.2) is 72.9 Å². The number of hydrogen-bond donors (Lipinski definition) is 1. The molecule has 4 aromatic rings. The molecular formula is C28H26FN3O. The van der Waals surface area contributed by atoms with Gasteiger partial charge in [0, 0.05) is 47.3 Å². The number of allylic oxidation sites excluding steroid dienone is 1. The monoisotopic (exact) mass is 439 g/mol. The van der Waals surface area contributed by atoms with Crippen molar-refractivity contribution in [1.29, 1.82) is 0 Å². The van der Waals surface area contributed by atoms with Gasteiger partial charge in [0.05, 0.1) is 18.0 Å². The van der Waals surface area contributed by atoms with E-state index in [2.05, 4.69) is 41.5 Å². The highest BCUT2D eigenvalue weighted by Crippen LogP contribution is 2.41. The molecule has 0 radical (unpaired) electrons. The van der Waals surface area contributed by atoms with Crippen LogP contribution in [0.2, 0.25) is 0 Å². The van der Waals surface area contributed by atoms with Crippen LogP contribution in [0.3, 0.4) is 0 Å². The van der Waals surface area contributed by atoms with Crippen molar-refractivity contribution in [3.05, 3.63) is 95.7 Å². The van der Waals surface area contributed by atoms with E-state index in [1.54, 1.807) is 12.1 Å². The summed E-state index contributed by atoms with van der Waals surface area (Å²) in [5.41, 5.74) is 5.73. The molecule has 0 amide bonds. The first kappa shape index (κ1) is 21.1. The van der Waals surface area contributed by atoms with E-state index < -0.39 is 0 Å². The molecule has 0 fully saturated rings. The molecule has 1 unspecified atom stereocenters. The van der Waals surface area contributed by atoms with E-state index in [1.165, 1.54) is 23.1 Å². The Bertz CT molecular complexity index is 1330. The third kappa shape index (κ3) is 4.31. The zero-order chi connectivity index (χ0) is 22.8. The molecule has 1 aliphatic heterocycles. The summed E-state index contributed by atoms with van der Waals surface area (Å²) in [5, 5.41) is 5.82. The Morgan fingerprint density at radius 3 is 2.70 bits per heavy atom. The maximum absolute atomic E-state index is 13.4. The first-order valence-corrected chi connectivity index (χ1v) is 11.3. The fourth-order valence-electron chi connectivity index (χ4n) is 4.25. The number of pyridine rings is 2. The SMILES string of the molecule is CC=C(NCCc1cc2c(c(-c3ccc(F)cc3)n1)OCC2C)c1cc2ccccc2cn1. The van der Waals surface area contributed by atoms with Crippen LogP contribution in [0.5, 0.6) is 5.75 Å². The lowest BCUT2D eigenvalue weighted by Crippen LogP contribution is -2.17. The number of ether oxygens (including phenoxy) is 1. The summed E-state index contributed by atoms with van der Waals surface area (Å²) in [6.45, 7) is 5.53. The van der Waals surface area contributed by atoms with Crippen molar-refractivity contribution in [1.82, 2.24) is 15.3 Å². The van der Waals surface area contributed by atoms with Crippen molar-refractivity contribution in [2.45, 2.75) is 26.2 Å². The van der Waals surface area contributed by atoms with Crippen LogP contribution in [0.4, 0.5) is 4.39 Å². The average molecular weight is 440 g/mol. The van der Waals surface area contributed by atoms with Crippen molar-refractivity contribution < 1.29 is 9.13 Å². The van der Waals surface area contributed by atoms with Gasteiger partial charge in [0.25, 0.3) is 0 Å². The minimum atomic E-state index is -0.258. The van der Waals surface area contributed by atoms with Gasteiger partial charge in [0.1, 0.15) is 17.3 Å². The van der Waals surface area contributed by atoms with Crippen molar-refractivity contribution in [3.63, 3.8) is 0 Å². The predicted molar refractivity (Wildman–Crippen MR) is 131 cm³/mol. The summed E-state index contributed by atoms with van der Waals surface area (Å²) in [7, 11) is 0. The van der Waals surface area contributed by atoms with Crippen molar-refractivity contribution >= 4 is 16.5 Å². The third-order valence-corrected chi connectivity index (χ3v) is 6.07. The van der Waals surface area contributed by atoms with Crippen LogP contribution < -0.4 is 10.1 Å². The largest absolute Gasteiger partial charge is 0.490 e. The molecule has 3 heterocycles. The molecule has 4 nitrogen and oxygen atoms in total. The molecule has 0 saturated heterocycles. The lowest BCUT2D eigenvalue weighted by Gasteiger charge is -2.13. The third-order valence-electron chi connectivity index (χ3n) is 6.07. The zero-order valence-corrected chi connectivity index (χ0v) is 18.8. The Morgan fingerprint density at radius 1 is 1.12 bits per heavy atom. The zero-order valence-electron chi connectivity index (χ0n) is 18.8. The van der Waals surface area contributed by atoms with E-state index in [9.17, 15) is 4.39 Å². The van der Waals surface area contributed by atoms with Crippen molar-refractivity contribution in [3.8, 4) is 17.0 Å². The van der Waals surface area contributed by atoms with Gasteiger partial charge >= 0.3 is 0 Å². The van der Waals surface area contributed by atoms with E-state index in [1.807, 2.05) is 31.3 Å². The smallest absolute Gasteiger partial charge is 0.149 e. The Morgan fingerprint density at radius 2 is 1.91 bits per heavy atom. The lowest BCUT2D eigenvalue weighted by molar-refractivity contribution is 0.337. The Hall–Kier alpha value is -3.73. The topological polar surface area (TPSA) is 47.0 Å². The molecule has 0 aliphatic carbocycles. The molecule has 0 bridgehead atoms. The molecule has 5 rings (SSSR count). The van der Waals surface area contributed by atoms with Crippen LogP contribution >= 0.6 is 0 Å². The molecular weight excluding hydrogens is 413 g/mol. The van der Waals surface area contributed by atoms with E-state index >= 15 is 0 Å². The van der Waals surface area contributed by atoms with Gasteiger partial charge in [0.2, 0.25) is 0 Å². The highest BCUT2D eigenvalue weighted by Gasteiger charge is 2.26. The molecule has 1 atom stereocenters. The van der Waals surface area contributed by atoms with Gasteiger partial charge in [-0.25, -0.2) is 9.37 Å².